The van der Waals surface area contributed by atoms with Crippen LogP contribution in [0, 0.1) is 12.7 Å². The molecule has 0 radical (unpaired) electrons. The highest BCUT2D eigenvalue weighted by molar-refractivity contribution is 6.04. The summed E-state index contributed by atoms with van der Waals surface area (Å²) in [7, 11) is 0. The molecule has 0 aliphatic heterocycles. The number of benzene rings is 2. The van der Waals surface area contributed by atoms with E-state index in [0.29, 0.717) is 10.2 Å². The average Bonchev–Trinajstić information content (AvgIpc) is 3.16. The molecule has 0 aliphatic carbocycles. The molecular weight excluding hydrogens is 418 g/mol. The Morgan fingerprint density at radius 1 is 1.13 bits per heavy atom. The van der Waals surface area contributed by atoms with Crippen molar-refractivity contribution in [1.29, 1.82) is 0 Å². The molecule has 10 heteroatoms. The molecule has 0 bridgehead atoms. The van der Waals surface area contributed by atoms with Crippen LogP contribution in [0.25, 0.3) is 5.69 Å². The Morgan fingerprint density at radius 3 is 2.39 bits per heavy atom. The number of hydrogen-bond acceptors (Lipinski definition) is 4. The lowest BCUT2D eigenvalue weighted by Gasteiger charge is -2.13. The third-order valence-electron chi connectivity index (χ3n) is 4.28. The van der Waals surface area contributed by atoms with Crippen molar-refractivity contribution in [1.82, 2.24) is 9.78 Å². The van der Waals surface area contributed by atoms with Crippen LogP contribution in [0.15, 0.2) is 48.7 Å². The van der Waals surface area contributed by atoms with Crippen molar-refractivity contribution in [2.75, 3.05) is 11.9 Å². The zero-order chi connectivity index (χ0) is 22.8. The summed E-state index contributed by atoms with van der Waals surface area (Å²) in [5.41, 5.74) is -1.28. The topological polar surface area (TPSA) is 73.2 Å². The minimum Gasteiger partial charge on any atom is -0.462 e. The second-order valence-corrected chi connectivity index (χ2v) is 6.52. The van der Waals surface area contributed by atoms with Crippen LogP contribution in [0.4, 0.5) is 23.2 Å². The molecule has 1 amide bonds. The van der Waals surface area contributed by atoms with Gasteiger partial charge in [0.05, 0.1) is 24.2 Å². The van der Waals surface area contributed by atoms with E-state index < -0.39 is 35.1 Å². The van der Waals surface area contributed by atoms with E-state index in [1.165, 1.54) is 43.3 Å². The number of nitrogens with zero attached hydrogens (tertiary/aromatic N) is 2. The zero-order valence-corrected chi connectivity index (χ0v) is 16.5. The Labute approximate surface area is 174 Å². The fourth-order valence-corrected chi connectivity index (χ4v) is 2.85. The Morgan fingerprint density at radius 2 is 1.81 bits per heavy atom. The number of carbonyl (C=O) groups excluding carboxylic acids is 2. The van der Waals surface area contributed by atoms with E-state index in [1.54, 1.807) is 13.0 Å². The quantitative estimate of drug-likeness (QED) is 0.463. The van der Waals surface area contributed by atoms with Gasteiger partial charge in [-0.05, 0) is 55.8 Å². The van der Waals surface area contributed by atoms with Gasteiger partial charge in [-0.1, -0.05) is 6.07 Å². The first-order valence-electron chi connectivity index (χ1n) is 9.12. The van der Waals surface area contributed by atoms with Crippen molar-refractivity contribution in [3.05, 3.63) is 76.9 Å². The van der Waals surface area contributed by atoms with Crippen molar-refractivity contribution in [3.8, 4) is 5.69 Å². The number of esters is 1. The minimum atomic E-state index is -4.88. The van der Waals surface area contributed by atoms with Gasteiger partial charge in [-0.3, -0.25) is 4.79 Å². The number of alkyl halides is 3. The molecule has 6 nitrogen and oxygen atoms in total. The van der Waals surface area contributed by atoms with Crippen molar-refractivity contribution in [2.45, 2.75) is 20.0 Å². The van der Waals surface area contributed by atoms with Crippen molar-refractivity contribution < 1.29 is 31.9 Å². The second kappa shape index (κ2) is 8.58. The Hall–Kier alpha value is -3.69. The molecule has 0 saturated heterocycles. The number of ether oxygens (including phenoxy) is 1. The standard InChI is InChI=1S/C21H17F4N3O3/c1-3-31-20(30)15-11-26-28(18(15)21(23,24)25)14-7-5-13(6-8-14)19(29)27-17-9-4-12(2)10-16(17)22/h4-11H,3H2,1-2H3,(H,27,29). The number of anilines is 1. The fraction of sp³-hybridized carbons (Fsp3) is 0.190. The summed E-state index contributed by atoms with van der Waals surface area (Å²) in [6, 6.07) is 9.29. The second-order valence-electron chi connectivity index (χ2n) is 6.52. The van der Waals surface area contributed by atoms with Crippen LogP contribution in [-0.2, 0) is 10.9 Å². The summed E-state index contributed by atoms with van der Waals surface area (Å²) in [6.45, 7) is 3.08. The van der Waals surface area contributed by atoms with Crippen LogP contribution in [0.5, 0.6) is 0 Å². The highest BCUT2D eigenvalue weighted by atomic mass is 19.4. The molecule has 3 rings (SSSR count). The molecule has 1 aromatic heterocycles. The lowest BCUT2D eigenvalue weighted by Crippen LogP contribution is -2.18. The first-order chi connectivity index (χ1) is 14.6. The third kappa shape index (κ3) is 4.73. The van der Waals surface area contributed by atoms with E-state index in [1.807, 2.05) is 0 Å². The van der Waals surface area contributed by atoms with E-state index in [0.717, 1.165) is 6.20 Å². The number of aryl methyl sites for hydroxylation is 1. The van der Waals surface area contributed by atoms with Crippen LogP contribution in [0.3, 0.4) is 0 Å². The maximum Gasteiger partial charge on any atom is 0.434 e. The van der Waals surface area contributed by atoms with Gasteiger partial charge in [0.1, 0.15) is 11.4 Å². The summed E-state index contributed by atoms with van der Waals surface area (Å²) in [4.78, 5) is 24.2. The number of halogens is 4. The van der Waals surface area contributed by atoms with Crippen molar-refractivity contribution in [2.24, 2.45) is 0 Å². The molecule has 162 valence electrons. The van der Waals surface area contributed by atoms with Crippen molar-refractivity contribution in [3.63, 3.8) is 0 Å². The van der Waals surface area contributed by atoms with Crippen LogP contribution in [0.1, 0.15) is 38.9 Å². The predicted molar refractivity (Wildman–Crippen MR) is 104 cm³/mol. The van der Waals surface area contributed by atoms with Gasteiger partial charge in [0.2, 0.25) is 0 Å². The molecule has 0 fully saturated rings. The lowest BCUT2D eigenvalue weighted by molar-refractivity contribution is -0.143. The number of nitrogens with one attached hydrogen (secondary N) is 1. The molecule has 0 saturated carbocycles. The summed E-state index contributed by atoms with van der Waals surface area (Å²) >= 11 is 0. The van der Waals surface area contributed by atoms with Crippen LogP contribution < -0.4 is 5.32 Å². The first-order valence-corrected chi connectivity index (χ1v) is 9.12. The maximum atomic E-state index is 13.9. The molecule has 0 atom stereocenters. The van der Waals surface area contributed by atoms with E-state index in [2.05, 4.69) is 15.2 Å². The van der Waals surface area contributed by atoms with Gasteiger partial charge in [0.25, 0.3) is 5.91 Å². The maximum absolute atomic E-state index is 13.9. The Kier molecular flexibility index (Phi) is 6.09. The fourth-order valence-electron chi connectivity index (χ4n) is 2.85. The Balaban J connectivity index is 1.89. The lowest BCUT2D eigenvalue weighted by atomic mass is 10.1. The SMILES string of the molecule is CCOC(=O)c1cnn(-c2ccc(C(=O)Nc3ccc(C)cc3F)cc2)c1C(F)(F)F. The zero-order valence-electron chi connectivity index (χ0n) is 16.5. The van der Waals surface area contributed by atoms with Crippen molar-refractivity contribution >= 4 is 17.6 Å². The van der Waals surface area contributed by atoms with E-state index in [-0.39, 0.29) is 23.5 Å². The number of carbonyl (C=O) groups is 2. The molecule has 0 aliphatic rings. The van der Waals surface area contributed by atoms with Gasteiger partial charge < -0.3 is 10.1 Å². The summed E-state index contributed by atoms with van der Waals surface area (Å²) in [6.07, 6.45) is -4.10. The van der Waals surface area contributed by atoms with Crippen LogP contribution in [-0.4, -0.2) is 28.3 Å². The predicted octanol–water partition coefficient (Wildman–Crippen LogP) is 4.77. The molecule has 31 heavy (non-hydrogen) atoms. The molecule has 1 heterocycles. The van der Waals surface area contributed by atoms with Gasteiger partial charge in [-0.25, -0.2) is 13.9 Å². The number of aromatic nitrogens is 2. The molecule has 1 N–H and O–H groups in total. The molecular formula is C21H17F4N3O3. The van der Waals surface area contributed by atoms with E-state index in [4.69, 9.17) is 0 Å². The van der Waals surface area contributed by atoms with E-state index in [9.17, 15) is 27.2 Å². The smallest absolute Gasteiger partial charge is 0.434 e. The summed E-state index contributed by atoms with van der Waals surface area (Å²) in [5, 5.41) is 6.07. The van der Waals surface area contributed by atoms with Crippen LogP contribution in [0.2, 0.25) is 0 Å². The minimum absolute atomic E-state index is 0.0230. The summed E-state index contributed by atoms with van der Waals surface area (Å²) in [5.74, 6) is -2.39. The molecule has 3 aromatic rings. The Bertz CT molecular complexity index is 1120. The van der Waals surface area contributed by atoms with Crippen LogP contribution >= 0.6 is 0 Å². The third-order valence-corrected chi connectivity index (χ3v) is 4.28. The van der Waals surface area contributed by atoms with Gasteiger partial charge in [0.15, 0.2) is 5.69 Å². The van der Waals surface area contributed by atoms with Gasteiger partial charge in [0, 0.05) is 5.56 Å². The summed E-state index contributed by atoms with van der Waals surface area (Å²) < 4.78 is 59.9. The van der Waals surface area contributed by atoms with Gasteiger partial charge >= 0.3 is 12.1 Å². The average molecular weight is 435 g/mol. The number of rotatable bonds is 5. The normalized spacial score (nSPS) is 11.3. The largest absolute Gasteiger partial charge is 0.462 e. The molecule has 0 spiro atoms. The first kappa shape index (κ1) is 22.0. The van der Waals surface area contributed by atoms with Gasteiger partial charge in [-0.15, -0.1) is 0 Å². The van der Waals surface area contributed by atoms with Gasteiger partial charge in [-0.2, -0.15) is 18.3 Å². The number of hydrogen-bond donors (Lipinski definition) is 1. The number of amides is 1. The van der Waals surface area contributed by atoms with E-state index >= 15 is 0 Å². The molecule has 2 aromatic carbocycles. The highest BCUT2D eigenvalue weighted by Crippen LogP contribution is 2.34. The molecule has 0 unspecified atom stereocenters. The highest BCUT2D eigenvalue weighted by Gasteiger charge is 2.41. The monoisotopic (exact) mass is 435 g/mol.